The summed E-state index contributed by atoms with van der Waals surface area (Å²) in [5.41, 5.74) is 20.2. The van der Waals surface area contributed by atoms with Crippen LogP contribution < -0.4 is 58.1 Å². The van der Waals surface area contributed by atoms with Gasteiger partial charge in [0.25, 0.3) is 0 Å². The summed E-state index contributed by atoms with van der Waals surface area (Å²) in [6, 6.07) is 80.3. The molecule has 0 aliphatic carbocycles. The van der Waals surface area contributed by atoms with E-state index < -0.39 is 6.98 Å². The standard InChI is InChI=1S/2C25H23BN4O.C24H22BN5O.C21H22BN3O/c1-17-16-23-24(20-12-7-8-14-22(20)31-23)28(3)26(17)30-18(2)29(19-10-5-4-6-11-19)25-21(30)13-9-15-27-25;1-17-16-23-24(20-12-7-8-14-22(20)31-23)28(3)26(17)30-18(2)29(19-10-5-4-6-11-19)21-13-9-15-27-25(21)30;1-16-15-21-22(19-11-7-8-12-20(19)31-21)28(3)25(16)30-17(2)29(18-9-5-4-6-10-18)23-24(30)27-14-13-26-23;1-14-13-20-21(16-9-5-8-12-19(16)26-20)24(4)22(14)25-15(2)23(3)17-10-6-7-11-18(17)25/h2*4-16,18H,1-3H3;4-15,17H,1-3H3;5-13,15H,1-4H3/t2*18-;17-;15-/m0000/s1/i;;;3D3. The highest BCUT2D eigenvalue weighted by Crippen LogP contribution is 2.53. The van der Waals surface area contributed by atoms with Gasteiger partial charge in [0, 0.05) is 74.5 Å². The number of para-hydroxylation sites is 9. The van der Waals surface area contributed by atoms with Crippen LogP contribution in [0.3, 0.4) is 0 Å². The molecule has 119 heavy (non-hydrogen) atoms. The summed E-state index contributed by atoms with van der Waals surface area (Å²) in [5.74, 6) is 7.36. The van der Waals surface area contributed by atoms with Gasteiger partial charge in [-0.2, -0.15) is 0 Å². The monoisotopic (exact) mass is 1570 g/mol. The van der Waals surface area contributed by atoms with Crippen LogP contribution in [0.1, 0.15) is 82.5 Å². The van der Waals surface area contributed by atoms with Crippen molar-refractivity contribution in [1.29, 1.82) is 0 Å². The van der Waals surface area contributed by atoms with Gasteiger partial charge in [0.1, 0.15) is 51.2 Å². The largest absolute Gasteiger partial charge is 0.455 e. The fourth-order valence-electron chi connectivity index (χ4n) is 19.7. The molecule has 23 rings (SSSR count). The zero-order valence-electron chi connectivity index (χ0n) is 71.5. The minimum Gasteiger partial charge on any atom is -0.455 e. The average Bonchev–Trinajstić information content (AvgIpc) is 1.58. The first-order valence-electron chi connectivity index (χ1n) is 42.2. The highest BCUT2D eigenvalue weighted by molar-refractivity contribution is 6.78. The predicted molar refractivity (Wildman–Crippen MR) is 495 cm³/mol. The molecule has 24 heteroatoms. The third kappa shape index (κ3) is 11.9. The highest BCUT2D eigenvalue weighted by atomic mass is 16.3. The van der Waals surface area contributed by atoms with Gasteiger partial charge in [-0.3, -0.25) is 0 Å². The van der Waals surface area contributed by atoms with Crippen LogP contribution in [0.15, 0.2) is 301 Å². The molecular weight excluding hydrogens is 1470 g/mol. The fourth-order valence-corrected chi connectivity index (χ4v) is 19.7. The van der Waals surface area contributed by atoms with Crippen LogP contribution in [0.25, 0.3) is 68.2 Å². The lowest BCUT2D eigenvalue weighted by Gasteiger charge is -2.40. The summed E-state index contributed by atoms with van der Waals surface area (Å²) in [6.07, 6.45) is 15.8. The molecule has 0 saturated heterocycles. The Bertz CT molecular complexity index is 6200. The second-order valence-electron chi connectivity index (χ2n) is 31.8. The Kier molecular flexibility index (Phi) is 17.4. The van der Waals surface area contributed by atoms with E-state index in [1.807, 2.05) is 116 Å². The van der Waals surface area contributed by atoms with Crippen molar-refractivity contribution < 1.29 is 21.8 Å². The van der Waals surface area contributed by atoms with Gasteiger partial charge in [0.05, 0.1) is 70.2 Å². The summed E-state index contributed by atoms with van der Waals surface area (Å²) in [7, 11) is 8.50. The van der Waals surface area contributed by atoms with E-state index in [0.29, 0.717) is 0 Å². The number of fused-ring (bicyclic) bond motifs is 16. The molecule has 8 aliphatic rings. The van der Waals surface area contributed by atoms with Crippen molar-refractivity contribution in [2.45, 2.75) is 80.1 Å². The zero-order chi connectivity index (χ0) is 83.8. The van der Waals surface area contributed by atoms with Crippen molar-refractivity contribution in [3.63, 3.8) is 0 Å². The van der Waals surface area contributed by atoms with Crippen molar-refractivity contribution in [3.05, 3.63) is 306 Å². The molecule has 0 spiro atoms. The second kappa shape index (κ2) is 29.4. The van der Waals surface area contributed by atoms with Gasteiger partial charge in [-0.05, 0) is 229 Å². The molecule has 0 unspecified atom stereocenters. The number of anilines is 15. The quantitative estimate of drug-likeness (QED) is 0.139. The third-order valence-electron chi connectivity index (χ3n) is 24.7. The summed E-state index contributed by atoms with van der Waals surface area (Å²) < 4.78 is 48.8. The van der Waals surface area contributed by atoms with E-state index in [4.69, 9.17) is 41.7 Å². The van der Waals surface area contributed by atoms with Gasteiger partial charge < -0.3 is 75.8 Å². The summed E-state index contributed by atoms with van der Waals surface area (Å²) in [4.78, 5) is 46.2. The fraction of sp³-hybridized carbons (Fsp3) is 0.179. The topological polar surface area (TPSA) is 143 Å². The van der Waals surface area contributed by atoms with E-state index in [9.17, 15) is 0 Å². The van der Waals surface area contributed by atoms with E-state index in [2.05, 4.69) is 294 Å². The second-order valence-corrected chi connectivity index (χ2v) is 31.8. The van der Waals surface area contributed by atoms with Crippen molar-refractivity contribution in [2.24, 2.45) is 0 Å². The van der Waals surface area contributed by atoms with E-state index in [1.54, 1.807) is 12.4 Å². The smallest absolute Gasteiger partial charge is 0.409 e. The third-order valence-corrected chi connectivity index (χ3v) is 24.7. The summed E-state index contributed by atoms with van der Waals surface area (Å²) in [5, 5.41) is 4.47. The number of nitrogens with zero attached hydrogens (tertiary/aromatic N) is 16. The first-order chi connectivity index (χ1) is 59.2. The van der Waals surface area contributed by atoms with Crippen LogP contribution >= 0.6 is 0 Å². The number of rotatable bonds is 7. The predicted octanol–water partition coefficient (Wildman–Crippen LogP) is 21.1. The molecule has 586 valence electrons. The number of aromatic nitrogens is 4. The minimum atomic E-state index is -2.22. The molecule has 7 aromatic heterocycles. The van der Waals surface area contributed by atoms with E-state index in [-0.39, 0.29) is 52.6 Å². The molecule has 8 aromatic carbocycles. The molecule has 0 bridgehead atoms. The van der Waals surface area contributed by atoms with Gasteiger partial charge in [-0.15, -0.1) is 0 Å². The molecule has 0 fully saturated rings. The van der Waals surface area contributed by atoms with Crippen molar-refractivity contribution in [3.8, 4) is 0 Å². The normalized spacial score (nSPS) is 18.5. The Morgan fingerprint density at radius 2 is 0.588 bits per heavy atom. The van der Waals surface area contributed by atoms with E-state index in [0.717, 1.165) is 153 Å². The number of hydrogen-bond acceptors (Lipinski definition) is 20. The number of allylic oxidation sites excluding steroid dienone is 4. The first kappa shape index (κ1) is 70.5. The number of benzene rings is 8. The Hall–Kier alpha value is -13.9. The van der Waals surface area contributed by atoms with E-state index >= 15 is 0 Å². The SMILES string of the molecule is CC1=Cc2oc3ccccc3c2N(C)B1N1c2cccnc2N(c2ccccc2)[C@@H]1C.CC1=Cc2oc3ccccc3c2N(C)B1N1c2ncccc2N(c2ccccc2)[C@@H]1C.CC1=Cc2oc3ccccc3c2N(C)B1N1c2nccnc2N(c2ccccc2)[C@@H]1C.[2H]C([2H])([2H])N1c2ccccc2N(B2C(C)=Cc3oc4ccccc4c3N2C)[C@H]1C. The van der Waals surface area contributed by atoms with E-state index in [1.165, 1.54) is 27.0 Å². The van der Waals surface area contributed by atoms with Crippen LogP contribution in [0.2, 0.25) is 0 Å². The lowest BCUT2D eigenvalue weighted by molar-refractivity contribution is 0.603. The first-order valence-corrected chi connectivity index (χ1v) is 40.7. The molecule has 20 nitrogen and oxygen atoms in total. The Balaban J connectivity index is 0.000000104. The van der Waals surface area contributed by atoms with Crippen molar-refractivity contribution in [2.75, 3.05) is 93.3 Å². The minimum absolute atomic E-state index is 0.00679. The molecule has 0 saturated carbocycles. The molecule has 4 atom stereocenters. The molecule has 0 radical (unpaired) electrons. The Labute approximate surface area is 699 Å². The molecule has 0 N–H and O–H groups in total. The summed E-state index contributed by atoms with van der Waals surface area (Å²) in [6.45, 7) is 15.0. The van der Waals surface area contributed by atoms with Gasteiger partial charge >= 0.3 is 27.9 Å². The van der Waals surface area contributed by atoms with Crippen molar-refractivity contribution >= 4 is 182 Å². The molecule has 8 aliphatic heterocycles. The van der Waals surface area contributed by atoms with Crippen LogP contribution in [0.5, 0.6) is 0 Å². The van der Waals surface area contributed by atoms with Crippen LogP contribution in [0.4, 0.5) is 85.8 Å². The van der Waals surface area contributed by atoms with Crippen molar-refractivity contribution in [1.82, 2.24) is 19.9 Å². The average molecular weight is 1570 g/mol. The maximum Gasteiger partial charge on any atom is 0.409 e. The Morgan fingerprint density at radius 1 is 0.286 bits per heavy atom. The lowest BCUT2D eigenvalue weighted by atomic mass is 9.61. The van der Waals surface area contributed by atoms with Gasteiger partial charge in [0.2, 0.25) is 0 Å². The zero-order valence-corrected chi connectivity index (χ0v) is 68.5. The van der Waals surface area contributed by atoms with Crippen LogP contribution in [-0.2, 0) is 0 Å². The van der Waals surface area contributed by atoms with Gasteiger partial charge in [0.15, 0.2) is 17.5 Å². The van der Waals surface area contributed by atoms with Gasteiger partial charge in [-0.25, -0.2) is 19.9 Å². The number of hydrogen-bond donors (Lipinski definition) is 0. The Morgan fingerprint density at radius 3 is 1.02 bits per heavy atom. The van der Waals surface area contributed by atoms with Crippen LogP contribution in [-0.4, -0.2) is 108 Å². The van der Waals surface area contributed by atoms with Gasteiger partial charge in [-0.1, -0.05) is 137 Å². The van der Waals surface area contributed by atoms with Crippen LogP contribution in [0, 0.1) is 0 Å². The molecular formula is C95H90B4N16O4. The highest BCUT2D eigenvalue weighted by Gasteiger charge is 2.51. The molecule has 15 aromatic rings. The molecule has 0 amide bonds. The molecule has 15 heterocycles. The maximum atomic E-state index is 8.08. The number of pyridine rings is 2. The lowest BCUT2D eigenvalue weighted by Crippen LogP contribution is -2.58. The summed E-state index contributed by atoms with van der Waals surface area (Å²) >= 11 is 0. The maximum absolute atomic E-state index is 8.08. The number of furan rings is 4.